The Kier molecular flexibility index (Phi) is 5.10. The molecule has 3 aromatic carbocycles. The topological polar surface area (TPSA) is 81.4 Å². The van der Waals surface area contributed by atoms with E-state index in [-0.39, 0.29) is 16.9 Å². The minimum Gasteiger partial charge on any atom is -0.507 e. The number of hydrogen-bond donors (Lipinski definition) is 1. The van der Waals surface area contributed by atoms with E-state index in [2.05, 4.69) is 0 Å². The molecule has 0 bridgehead atoms. The normalized spacial score (nSPS) is 17.6. The molecular formula is C25H17FN2O3. The molecule has 3 aromatic rings. The van der Waals surface area contributed by atoms with Gasteiger partial charge in [0.2, 0.25) is 0 Å². The van der Waals surface area contributed by atoms with Crippen LogP contribution in [0.25, 0.3) is 5.76 Å². The van der Waals surface area contributed by atoms with Crippen molar-refractivity contribution in [2.75, 3.05) is 4.90 Å². The van der Waals surface area contributed by atoms with Crippen molar-refractivity contribution < 1.29 is 19.1 Å². The molecule has 1 N–H and O–H groups in total. The summed E-state index contributed by atoms with van der Waals surface area (Å²) in [6, 6.07) is 19.8. The third kappa shape index (κ3) is 3.58. The fourth-order valence-electron chi connectivity index (χ4n) is 3.71. The van der Waals surface area contributed by atoms with Crippen molar-refractivity contribution in [1.29, 1.82) is 5.26 Å². The Labute approximate surface area is 178 Å². The number of nitriles is 1. The van der Waals surface area contributed by atoms with Crippen LogP contribution in [-0.4, -0.2) is 16.8 Å². The van der Waals surface area contributed by atoms with E-state index in [1.807, 2.05) is 31.2 Å². The standard InChI is InChI=1S/C25H17FN2O3/c1-15-3-2-4-18(13-15)22-21(23(29)17-7-9-19(26)10-8-17)24(30)25(31)28(22)20-11-5-16(14-27)6-12-20/h2-13,22,29H,1H3/b23-21-. The minimum atomic E-state index is -0.877. The van der Waals surface area contributed by atoms with Gasteiger partial charge in [-0.2, -0.15) is 5.26 Å². The Balaban J connectivity index is 1.94. The number of benzene rings is 3. The monoisotopic (exact) mass is 412 g/mol. The summed E-state index contributed by atoms with van der Waals surface area (Å²) in [5.41, 5.74) is 2.56. The molecule has 5 nitrogen and oxygen atoms in total. The number of aliphatic hydroxyl groups is 1. The lowest BCUT2D eigenvalue weighted by molar-refractivity contribution is -0.132. The van der Waals surface area contributed by atoms with Gasteiger partial charge >= 0.3 is 0 Å². The molecule has 0 saturated carbocycles. The third-order valence-electron chi connectivity index (χ3n) is 5.19. The maximum absolute atomic E-state index is 13.3. The molecule has 1 atom stereocenters. The van der Waals surface area contributed by atoms with Crippen LogP contribution in [0.15, 0.2) is 78.4 Å². The van der Waals surface area contributed by atoms with Crippen LogP contribution < -0.4 is 4.90 Å². The number of rotatable bonds is 3. The van der Waals surface area contributed by atoms with Crippen LogP contribution in [0.1, 0.15) is 28.3 Å². The molecule has 0 aromatic heterocycles. The summed E-state index contributed by atoms with van der Waals surface area (Å²) >= 11 is 0. The highest BCUT2D eigenvalue weighted by atomic mass is 19.1. The first-order valence-electron chi connectivity index (χ1n) is 9.54. The zero-order chi connectivity index (χ0) is 22.1. The summed E-state index contributed by atoms with van der Waals surface area (Å²) in [5, 5.41) is 20.0. The number of carbonyl (C=O) groups excluding carboxylic acids is 2. The van der Waals surface area contributed by atoms with Gasteiger partial charge < -0.3 is 5.11 Å². The van der Waals surface area contributed by atoms with Gasteiger partial charge in [-0.15, -0.1) is 0 Å². The average molecular weight is 412 g/mol. The molecule has 4 rings (SSSR count). The summed E-state index contributed by atoms with van der Waals surface area (Å²) in [6.07, 6.45) is 0. The lowest BCUT2D eigenvalue weighted by atomic mass is 9.94. The van der Waals surface area contributed by atoms with Gasteiger partial charge in [-0.1, -0.05) is 29.8 Å². The Morgan fingerprint density at radius 2 is 1.71 bits per heavy atom. The second-order valence-electron chi connectivity index (χ2n) is 7.25. The Bertz CT molecular complexity index is 1260. The number of carbonyl (C=O) groups is 2. The highest BCUT2D eigenvalue weighted by molar-refractivity contribution is 6.51. The number of aliphatic hydroxyl groups excluding tert-OH is 1. The largest absolute Gasteiger partial charge is 0.507 e. The van der Waals surface area contributed by atoms with E-state index in [0.717, 1.165) is 5.56 Å². The first-order chi connectivity index (χ1) is 14.9. The zero-order valence-electron chi connectivity index (χ0n) is 16.5. The number of amides is 1. The molecule has 1 saturated heterocycles. The molecule has 31 heavy (non-hydrogen) atoms. The van der Waals surface area contributed by atoms with Crippen LogP contribution in [0.5, 0.6) is 0 Å². The fraction of sp³-hybridized carbons (Fsp3) is 0.0800. The van der Waals surface area contributed by atoms with E-state index in [4.69, 9.17) is 5.26 Å². The van der Waals surface area contributed by atoms with Crippen molar-refractivity contribution in [3.8, 4) is 6.07 Å². The molecule has 1 amide bonds. The van der Waals surface area contributed by atoms with E-state index in [9.17, 15) is 19.1 Å². The van der Waals surface area contributed by atoms with Crippen LogP contribution in [0.4, 0.5) is 10.1 Å². The molecule has 0 radical (unpaired) electrons. The third-order valence-corrected chi connectivity index (χ3v) is 5.19. The molecule has 0 spiro atoms. The summed E-state index contributed by atoms with van der Waals surface area (Å²) in [5.74, 6) is -2.48. The molecule has 6 heteroatoms. The van der Waals surface area contributed by atoms with Gasteiger partial charge in [-0.3, -0.25) is 14.5 Å². The smallest absolute Gasteiger partial charge is 0.300 e. The van der Waals surface area contributed by atoms with E-state index >= 15 is 0 Å². The highest BCUT2D eigenvalue weighted by Gasteiger charge is 2.46. The second-order valence-corrected chi connectivity index (χ2v) is 7.25. The lowest BCUT2D eigenvalue weighted by Gasteiger charge is -2.25. The molecule has 1 fully saturated rings. The van der Waals surface area contributed by atoms with E-state index in [0.29, 0.717) is 16.8 Å². The van der Waals surface area contributed by atoms with Crippen molar-refractivity contribution in [2.45, 2.75) is 13.0 Å². The molecule has 1 unspecified atom stereocenters. The lowest BCUT2D eigenvalue weighted by Crippen LogP contribution is -2.29. The van der Waals surface area contributed by atoms with Crippen molar-refractivity contribution in [3.63, 3.8) is 0 Å². The Morgan fingerprint density at radius 1 is 1.03 bits per heavy atom. The quantitative estimate of drug-likeness (QED) is 0.386. The number of aryl methyl sites for hydroxylation is 1. The molecular weight excluding hydrogens is 395 g/mol. The molecule has 1 aliphatic heterocycles. The van der Waals surface area contributed by atoms with Gasteiger partial charge in [0.05, 0.1) is 23.2 Å². The van der Waals surface area contributed by atoms with Crippen LogP contribution in [0.2, 0.25) is 0 Å². The fourth-order valence-corrected chi connectivity index (χ4v) is 3.71. The van der Waals surface area contributed by atoms with Crippen molar-refractivity contribution >= 4 is 23.1 Å². The van der Waals surface area contributed by atoms with Crippen LogP contribution in [0, 0.1) is 24.1 Å². The molecule has 1 aliphatic rings. The van der Waals surface area contributed by atoms with Gasteiger partial charge in [0.15, 0.2) is 0 Å². The molecule has 152 valence electrons. The number of Topliss-reactive ketones (excluding diaryl/α,β-unsaturated/α-hetero) is 1. The SMILES string of the molecule is Cc1cccc(C2/C(=C(/O)c3ccc(F)cc3)C(=O)C(=O)N2c2ccc(C#N)cc2)c1. The summed E-state index contributed by atoms with van der Waals surface area (Å²) in [6.45, 7) is 1.89. The van der Waals surface area contributed by atoms with Gasteiger partial charge in [-0.25, -0.2) is 4.39 Å². The van der Waals surface area contributed by atoms with Gasteiger partial charge in [0, 0.05) is 11.3 Å². The van der Waals surface area contributed by atoms with Crippen LogP contribution in [-0.2, 0) is 9.59 Å². The Hall–Kier alpha value is -4.24. The average Bonchev–Trinajstić information content (AvgIpc) is 3.04. The van der Waals surface area contributed by atoms with Crippen LogP contribution in [0.3, 0.4) is 0 Å². The number of anilines is 1. The van der Waals surface area contributed by atoms with Crippen LogP contribution >= 0.6 is 0 Å². The Morgan fingerprint density at radius 3 is 2.32 bits per heavy atom. The number of halogens is 1. The summed E-state index contributed by atoms with van der Waals surface area (Å²) in [7, 11) is 0. The van der Waals surface area contributed by atoms with Crippen molar-refractivity contribution in [1.82, 2.24) is 0 Å². The molecule has 0 aliphatic carbocycles. The van der Waals surface area contributed by atoms with E-state index < -0.39 is 23.5 Å². The highest BCUT2D eigenvalue weighted by Crippen LogP contribution is 2.42. The molecule has 1 heterocycles. The summed E-state index contributed by atoms with van der Waals surface area (Å²) < 4.78 is 13.3. The predicted octanol–water partition coefficient (Wildman–Crippen LogP) is 4.63. The first kappa shape index (κ1) is 20.0. The number of ketones is 1. The first-order valence-corrected chi connectivity index (χ1v) is 9.54. The van der Waals surface area contributed by atoms with E-state index in [1.54, 1.807) is 30.3 Å². The maximum atomic E-state index is 13.3. The number of nitrogens with zero attached hydrogens (tertiary/aromatic N) is 2. The summed E-state index contributed by atoms with van der Waals surface area (Å²) in [4.78, 5) is 27.4. The second kappa shape index (κ2) is 7.88. The maximum Gasteiger partial charge on any atom is 0.300 e. The van der Waals surface area contributed by atoms with E-state index in [1.165, 1.54) is 29.2 Å². The van der Waals surface area contributed by atoms with Crippen molar-refractivity contribution in [2.24, 2.45) is 0 Å². The van der Waals surface area contributed by atoms with Gasteiger partial charge in [0.25, 0.3) is 11.7 Å². The number of hydrogen-bond acceptors (Lipinski definition) is 4. The minimum absolute atomic E-state index is 0.0773. The van der Waals surface area contributed by atoms with Gasteiger partial charge in [-0.05, 0) is 61.0 Å². The zero-order valence-corrected chi connectivity index (χ0v) is 16.5. The predicted molar refractivity (Wildman–Crippen MR) is 114 cm³/mol. The van der Waals surface area contributed by atoms with Gasteiger partial charge in [0.1, 0.15) is 11.6 Å². The van der Waals surface area contributed by atoms with Crippen molar-refractivity contribution in [3.05, 3.63) is 106 Å².